The Labute approximate surface area is 793 Å². The number of carbonyl (C=O) groups excluding carboxylic acids is 13. The zero-order chi connectivity index (χ0) is 97.3. The maximum atomic E-state index is 15.5. The second-order valence-corrected chi connectivity index (χ2v) is 31.7. The minimum Gasteiger partial charge on any atom is -0.459 e. The Hall–Kier alpha value is -15.8. The normalized spacial score (nSPS) is 24.1. The molecule has 4 heterocycles. The number of esters is 13. The molecule has 4 aliphatic rings. The van der Waals surface area contributed by atoms with E-state index in [1.54, 1.807) is 91.0 Å². The van der Waals surface area contributed by atoms with Gasteiger partial charge < -0.3 is 99.8 Å². The van der Waals surface area contributed by atoms with Gasteiger partial charge in [0.15, 0.2) is 92.3 Å². The Balaban J connectivity index is 0.901. The molecule has 0 aromatic heterocycles. The standard InChI is InChI=1S/C105H90O34/c1-62(106)124-89-85(135-99(116)72-52-30-11-31-53-72)81(132-96(113)69-46-24-8-25-47-69)77(59-121-92(109)65-38-16-4-17-39-65)128-104(89)138-83-79(130-94(111)67-42-20-6-21-43-67)75(126-102(119)87(83)137-101(118)74-56-34-13-35-57-74)61-123-103-88(84(134-98(115)71-50-28-10-29-51-71)80(131-95(112)68-44-22-7-23-45-68)76(127-103)58-120-91(108)64-36-14-3-15-37-64)139-105-90(125-63(2)107)86(136-100(117)73-54-32-12-33-55-73)82(133-97(114)70-48-26-9-27-49-70)78(129-105)60-122-93(110)66-40-18-5-19-41-66/h3-57,75-90,102-105,119H,58-61H2,1-2H3/t75-,76-,77+,78+,79+,80+,81+,82+,83-,84+,85+,86+,87+,88-,89+,90+,102+,103-,104+,105+/m1/s1. The predicted molar refractivity (Wildman–Crippen MR) is 479 cm³/mol. The van der Waals surface area contributed by atoms with E-state index in [2.05, 4.69) is 0 Å². The van der Waals surface area contributed by atoms with Gasteiger partial charge in [0.25, 0.3) is 0 Å². The van der Waals surface area contributed by atoms with Crippen LogP contribution in [0.5, 0.6) is 0 Å². The van der Waals surface area contributed by atoms with Gasteiger partial charge in [0.2, 0.25) is 0 Å². The van der Waals surface area contributed by atoms with Crippen LogP contribution >= 0.6 is 0 Å². The van der Waals surface area contributed by atoms with Crippen molar-refractivity contribution in [3.8, 4) is 0 Å². The van der Waals surface area contributed by atoms with Gasteiger partial charge in [-0.25, -0.2) is 52.7 Å². The summed E-state index contributed by atoms with van der Waals surface area (Å²) in [7, 11) is 0. The Bertz CT molecular complexity index is 6020. The first-order valence-electron chi connectivity index (χ1n) is 43.9. The summed E-state index contributed by atoms with van der Waals surface area (Å²) in [5.74, 6) is -14.6. The molecule has 0 unspecified atom stereocenters. The molecule has 0 radical (unpaired) electrons. The average molecular weight is 1900 g/mol. The third kappa shape index (κ3) is 25.3. The van der Waals surface area contributed by atoms with Crippen LogP contribution in [0.15, 0.2) is 334 Å². The van der Waals surface area contributed by atoms with E-state index in [4.69, 9.17) is 94.7 Å². The number of hydrogen-bond acceptors (Lipinski definition) is 34. The lowest BCUT2D eigenvalue weighted by Gasteiger charge is -2.49. The van der Waals surface area contributed by atoms with Crippen LogP contribution < -0.4 is 0 Å². The van der Waals surface area contributed by atoms with Gasteiger partial charge in [-0.2, -0.15) is 0 Å². The van der Waals surface area contributed by atoms with Gasteiger partial charge in [-0.1, -0.05) is 200 Å². The number of benzene rings is 11. The van der Waals surface area contributed by atoms with Crippen LogP contribution in [0, 0.1) is 0 Å². The van der Waals surface area contributed by atoms with Gasteiger partial charge in [0, 0.05) is 13.8 Å². The summed E-state index contributed by atoms with van der Waals surface area (Å²) in [6, 6.07) is 81.0. The van der Waals surface area contributed by atoms with E-state index in [1.165, 1.54) is 243 Å². The number of carbonyl (C=O) groups is 13. The summed E-state index contributed by atoms with van der Waals surface area (Å²) in [5, 5.41) is 13.1. The Kier molecular flexibility index (Phi) is 33.1. The Morgan fingerprint density at radius 1 is 0.201 bits per heavy atom. The van der Waals surface area contributed by atoms with Gasteiger partial charge in [-0.15, -0.1) is 0 Å². The molecule has 4 aliphatic heterocycles. The average Bonchev–Trinajstić information content (AvgIpc) is 0.758. The van der Waals surface area contributed by atoms with E-state index in [0.717, 1.165) is 13.8 Å². The SMILES string of the molecule is CC(=O)O[C@@H]1[C@H](O[C@@H]2[C@@H](OC(=O)c3ccccc3)[C@@H](CO[C@@H]3O[C@H](COC(=O)c4ccccc4)[C@H](OC(=O)c4ccccc4)[C@H](OC(=O)c4ccccc4)[C@H]3O[C@@H]3O[C@@H](COC(=O)c4ccccc4)[C@H](OC(=O)c4ccccc4)[C@H](OC(=O)c4ccccc4)[C@@H]3OC(C)=O)O[C@H](O)[C@H]2OC(=O)c2ccccc2)O[C@@H](COC(=O)c2ccccc2)[C@H](OC(=O)c2ccccc2)[C@@H]1OC(=O)c1ccccc1. The van der Waals surface area contributed by atoms with Crippen molar-refractivity contribution in [3.63, 3.8) is 0 Å². The number of aliphatic hydroxyl groups is 1. The summed E-state index contributed by atoms with van der Waals surface area (Å²) in [5.41, 5.74) is -1.09. The second-order valence-electron chi connectivity index (χ2n) is 31.7. The molecular weight excluding hydrogens is 1810 g/mol. The Morgan fingerprint density at radius 3 is 0.626 bits per heavy atom. The van der Waals surface area contributed by atoms with E-state index in [1.807, 2.05) is 0 Å². The highest BCUT2D eigenvalue weighted by Crippen LogP contribution is 2.41. The largest absolute Gasteiger partial charge is 0.459 e. The molecule has 34 nitrogen and oxygen atoms in total. The summed E-state index contributed by atoms with van der Waals surface area (Å²) < 4.78 is 130. The quantitative estimate of drug-likeness (QED) is 0.0289. The first-order chi connectivity index (χ1) is 67.5. The zero-order valence-electron chi connectivity index (χ0n) is 74.0. The van der Waals surface area contributed by atoms with Crippen molar-refractivity contribution in [2.75, 3.05) is 26.4 Å². The molecule has 0 aliphatic carbocycles. The highest BCUT2D eigenvalue weighted by Gasteiger charge is 2.62. The molecule has 0 amide bonds. The minimum absolute atomic E-state index is 0.00168. The van der Waals surface area contributed by atoms with Crippen LogP contribution in [-0.2, 0) is 104 Å². The number of rotatable bonds is 34. The van der Waals surface area contributed by atoms with Crippen molar-refractivity contribution >= 4 is 77.6 Å². The van der Waals surface area contributed by atoms with Gasteiger partial charge >= 0.3 is 77.6 Å². The van der Waals surface area contributed by atoms with Crippen LogP contribution in [0.2, 0.25) is 0 Å². The van der Waals surface area contributed by atoms with Crippen LogP contribution in [0.4, 0.5) is 0 Å². The first-order valence-corrected chi connectivity index (χ1v) is 43.9. The van der Waals surface area contributed by atoms with Gasteiger partial charge in [-0.05, 0) is 133 Å². The second kappa shape index (κ2) is 47.1. The van der Waals surface area contributed by atoms with Crippen LogP contribution in [0.1, 0.15) is 128 Å². The van der Waals surface area contributed by atoms with Crippen molar-refractivity contribution < 1.29 is 162 Å². The molecule has 139 heavy (non-hydrogen) atoms. The van der Waals surface area contributed by atoms with Crippen molar-refractivity contribution in [2.24, 2.45) is 0 Å². The molecule has 20 atom stereocenters. The summed E-state index contributed by atoms with van der Waals surface area (Å²) in [6.45, 7) is -2.19. The lowest BCUT2D eigenvalue weighted by atomic mass is 9.95. The smallest absolute Gasteiger partial charge is 0.338 e. The van der Waals surface area contributed by atoms with Crippen molar-refractivity contribution in [2.45, 2.75) is 137 Å². The molecule has 4 fully saturated rings. The number of hydrogen-bond donors (Lipinski definition) is 1. The highest BCUT2D eigenvalue weighted by atomic mass is 16.8. The highest BCUT2D eigenvalue weighted by molar-refractivity contribution is 5.95. The van der Waals surface area contributed by atoms with Crippen LogP contribution in [0.3, 0.4) is 0 Å². The minimum atomic E-state index is -2.55. The molecule has 0 bridgehead atoms. The predicted octanol–water partition coefficient (Wildman–Crippen LogP) is 11.9. The molecule has 714 valence electrons. The van der Waals surface area contributed by atoms with E-state index < -0.39 is 227 Å². The zero-order valence-corrected chi connectivity index (χ0v) is 74.0. The lowest BCUT2D eigenvalue weighted by molar-refractivity contribution is -0.375. The third-order valence-electron chi connectivity index (χ3n) is 22.2. The van der Waals surface area contributed by atoms with Crippen molar-refractivity contribution in [1.82, 2.24) is 0 Å². The maximum Gasteiger partial charge on any atom is 0.338 e. The summed E-state index contributed by atoms with van der Waals surface area (Å²) in [6.07, 6.45) is -44.2. The molecule has 11 aromatic carbocycles. The lowest BCUT2D eigenvalue weighted by Crippen LogP contribution is -2.68. The van der Waals surface area contributed by atoms with E-state index in [9.17, 15) is 48.3 Å². The van der Waals surface area contributed by atoms with Gasteiger partial charge in [0.05, 0.1) is 67.8 Å². The van der Waals surface area contributed by atoms with Crippen molar-refractivity contribution in [3.05, 3.63) is 395 Å². The molecule has 34 heteroatoms. The topological polar surface area (TPSA) is 427 Å². The number of ether oxygens (including phenoxy) is 20. The third-order valence-corrected chi connectivity index (χ3v) is 22.2. The van der Waals surface area contributed by atoms with Gasteiger partial charge in [-0.3, -0.25) is 9.59 Å². The Morgan fingerprint density at radius 2 is 0.388 bits per heavy atom. The van der Waals surface area contributed by atoms with Crippen LogP contribution in [0.25, 0.3) is 0 Å². The van der Waals surface area contributed by atoms with E-state index >= 15 is 19.2 Å². The molecule has 0 saturated carbocycles. The monoisotopic (exact) mass is 1890 g/mol. The van der Waals surface area contributed by atoms with Crippen molar-refractivity contribution in [1.29, 1.82) is 0 Å². The molecule has 1 N–H and O–H groups in total. The van der Waals surface area contributed by atoms with Gasteiger partial charge in [0.1, 0.15) is 50.3 Å². The molecular formula is C105H90O34. The van der Waals surface area contributed by atoms with E-state index in [-0.39, 0.29) is 61.2 Å². The molecule has 15 rings (SSSR count). The van der Waals surface area contributed by atoms with E-state index in [0.29, 0.717) is 0 Å². The van der Waals surface area contributed by atoms with Crippen LogP contribution in [-0.4, -0.2) is 232 Å². The fraction of sp³-hybridized carbons (Fsp3) is 0.248. The fourth-order valence-electron chi connectivity index (χ4n) is 15.5. The first kappa shape index (κ1) is 97.7. The fourth-order valence-corrected chi connectivity index (χ4v) is 15.5. The molecule has 4 saturated heterocycles. The maximum absolute atomic E-state index is 15.5. The summed E-state index contributed by atoms with van der Waals surface area (Å²) >= 11 is 0. The molecule has 11 aromatic rings. The number of aliphatic hydroxyl groups excluding tert-OH is 1. The summed E-state index contributed by atoms with van der Waals surface area (Å²) in [4.78, 5) is 192. The molecule has 0 spiro atoms.